The van der Waals surface area contributed by atoms with Crippen LogP contribution < -0.4 is 0 Å². The first-order valence-electron chi connectivity index (χ1n) is 9.78. The molecule has 0 amide bonds. The van der Waals surface area contributed by atoms with Crippen LogP contribution >= 0.6 is 11.3 Å². The molecular formula is C22H36SSi2. The van der Waals surface area contributed by atoms with E-state index in [9.17, 15) is 0 Å². The molecule has 1 aromatic heterocycles. The minimum atomic E-state index is -1.36. The standard InChI is InChI=1S/C22H36SSi2/c1-9-11-13-19-20(14-12-10-2)22(16-18-25(6,7)8)23-21(19)15-17-24(3,4)5/h9-14H2,1-8H3. The fraction of sp³-hybridized carbons (Fsp3) is 0.636. The van der Waals surface area contributed by atoms with Crippen LogP contribution in [-0.4, -0.2) is 16.1 Å². The third-order valence-corrected chi connectivity index (χ3v) is 6.63. The van der Waals surface area contributed by atoms with Crippen LogP contribution in [0.5, 0.6) is 0 Å². The highest BCUT2D eigenvalue weighted by Crippen LogP contribution is 2.31. The lowest BCUT2D eigenvalue weighted by Crippen LogP contribution is -2.16. The lowest BCUT2D eigenvalue weighted by molar-refractivity contribution is 0.760. The molecule has 3 heteroatoms. The van der Waals surface area contributed by atoms with Gasteiger partial charge in [-0.15, -0.1) is 22.4 Å². The van der Waals surface area contributed by atoms with Gasteiger partial charge in [0, 0.05) is 0 Å². The maximum Gasteiger partial charge on any atom is 0.129 e. The molecule has 1 rings (SSSR count). The van der Waals surface area contributed by atoms with Gasteiger partial charge in [-0.2, -0.15) is 0 Å². The average molecular weight is 389 g/mol. The molecule has 0 saturated carbocycles. The monoisotopic (exact) mass is 388 g/mol. The van der Waals surface area contributed by atoms with E-state index in [1.54, 1.807) is 0 Å². The van der Waals surface area contributed by atoms with Gasteiger partial charge in [-0.05, 0) is 36.8 Å². The van der Waals surface area contributed by atoms with Gasteiger partial charge in [-0.3, -0.25) is 0 Å². The average Bonchev–Trinajstić information content (AvgIpc) is 2.82. The number of rotatable bonds is 6. The summed E-state index contributed by atoms with van der Waals surface area (Å²) in [6.07, 6.45) is 7.29. The molecule has 0 spiro atoms. The molecule has 0 nitrogen and oxygen atoms in total. The van der Waals surface area contributed by atoms with Crippen molar-refractivity contribution in [3.8, 4) is 22.9 Å². The van der Waals surface area contributed by atoms with Gasteiger partial charge < -0.3 is 0 Å². The topological polar surface area (TPSA) is 0 Å². The van der Waals surface area contributed by atoms with Crippen LogP contribution in [0.15, 0.2) is 0 Å². The van der Waals surface area contributed by atoms with Gasteiger partial charge in [-0.25, -0.2) is 0 Å². The first-order chi connectivity index (χ1) is 11.6. The first-order valence-corrected chi connectivity index (χ1v) is 17.6. The van der Waals surface area contributed by atoms with E-state index >= 15 is 0 Å². The lowest BCUT2D eigenvalue weighted by Gasteiger charge is -2.07. The SMILES string of the molecule is CCCCc1c(C#C[Si](C)(C)C)sc(C#C[Si](C)(C)C)c1CCCC. The molecule has 0 saturated heterocycles. The molecule has 0 aliphatic heterocycles. The van der Waals surface area contributed by atoms with Crippen molar-refractivity contribution in [3.63, 3.8) is 0 Å². The van der Waals surface area contributed by atoms with E-state index in [1.165, 1.54) is 46.6 Å². The van der Waals surface area contributed by atoms with Gasteiger partial charge >= 0.3 is 0 Å². The maximum atomic E-state index is 3.58. The molecule has 0 unspecified atom stereocenters. The van der Waals surface area contributed by atoms with Gasteiger partial charge in [0.15, 0.2) is 0 Å². The minimum Gasteiger partial charge on any atom is -0.126 e. The molecule has 0 aliphatic rings. The van der Waals surface area contributed by atoms with E-state index in [0.717, 1.165) is 12.8 Å². The molecular weight excluding hydrogens is 352 g/mol. The van der Waals surface area contributed by atoms with Crippen molar-refractivity contribution in [3.05, 3.63) is 20.9 Å². The van der Waals surface area contributed by atoms with Crippen molar-refractivity contribution in [1.82, 2.24) is 0 Å². The van der Waals surface area contributed by atoms with Crippen LogP contribution in [-0.2, 0) is 12.8 Å². The number of unbranched alkanes of at least 4 members (excludes halogenated alkanes) is 2. The Morgan fingerprint density at radius 1 is 0.680 bits per heavy atom. The van der Waals surface area contributed by atoms with E-state index < -0.39 is 16.1 Å². The summed E-state index contributed by atoms with van der Waals surface area (Å²) < 4.78 is 0. The molecule has 138 valence electrons. The lowest BCUT2D eigenvalue weighted by atomic mass is 9.98. The van der Waals surface area contributed by atoms with Crippen molar-refractivity contribution in [2.75, 3.05) is 0 Å². The van der Waals surface area contributed by atoms with Crippen LogP contribution in [0.2, 0.25) is 39.3 Å². The Balaban J connectivity index is 3.44. The summed E-state index contributed by atoms with van der Waals surface area (Å²) in [6, 6.07) is 0. The van der Waals surface area contributed by atoms with E-state index in [4.69, 9.17) is 0 Å². The fourth-order valence-electron chi connectivity index (χ4n) is 2.43. The fourth-order valence-corrected chi connectivity index (χ4v) is 4.71. The van der Waals surface area contributed by atoms with Crippen molar-refractivity contribution in [2.24, 2.45) is 0 Å². The van der Waals surface area contributed by atoms with Crippen molar-refractivity contribution in [1.29, 1.82) is 0 Å². The van der Waals surface area contributed by atoms with Crippen molar-refractivity contribution >= 4 is 27.5 Å². The van der Waals surface area contributed by atoms with Gasteiger partial charge in [-0.1, -0.05) is 77.8 Å². The van der Waals surface area contributed by atoms with Crippen LogP contribution in [0.25, 0.3) is 0 Å². The summed E-state index contributed by atoms with van der Waals surface area (Å²) in [7, 11) is -2.72. The maximum absolute atomic E-state index is 3.58. The third-order valence-electron chi connectivity index (χ3n) is 3.78. The van der Waals surface area contributed by atoms with Crippen molar-refractivity contribution < 1.29 is 0 Å². The molecule has 0 N–H and O–H groups in total. The Hall–Kier alpha value is -0.746. The first kappa shape index (κ1) is 22.3. The van der Waals surface area contributed by atoms with Crippen LogP contribution in [0.4, 0.5) is 0 Å². The number of hydrogen-bond donors (Lipinski definition) is 0. The molecule has 0 bridgehead atoms. The summed E-state index contributed by atoms with van der Waals surface area (Å²) >= 11 is 1.87. The normalized spacial score (nSPS) is 11.5. The second-order valence-electron chi connectivity index (χ2n) is 8.92. The van der Waals surface area contributed by atoms with Crippen LogP contribution in [0.3, 0.4) is 0 Å². The molecule has 0 aliphatic carbocycles. The Labute approximate surface area is 162 Å². The highest BCUT2D eigenvalue weighted by Gasteiger charge is 2.17. The highest BCUT2D eigenvalue weighted by molar-refractivity contribution is 7.13. The van der Waals surface area contributed by atoms with E-state index in [-0.39, 0.29) is 0 Å². The Kier molecular flexibility index (Phi) is 8.75. The van der Waals surface area contributed by atoms with Gasteiger partial charge in [0.2, 0.25) is 0 Å². The van der Waals surface area contributed by atoms with E-state index in [2.05, 4.69) is 76.1 Å². The van der Waals surface area contributed by atoms with Gasteiger partial charge in [0.1, 0.15) is 16.1 Å². The quantitative estimate of drug-likeness (QED) is 0.367. The Bertz CT molecular complexity index is 618. The molecule has 0 radical (unpaired) electrons. The zero-order valence-corrected chi connectivity index (χ0v) is 20.5. The van der Waals surface area contributed by atoms with Crippen LogP contribution in [0, 0.1) is 22.9 Å². The summed E-state index contributed by atoms with van der Waals surface area (Å²) in [5.74, 6) is 7.14. The largest absolute Gasteiger partial charge is 0.129 e. The predicted molar refractivity (Wildman–Crippen MR) is 122 cm³/mol. The molecule has 1 aromatic rings. The summed E-state index contributed by atoms with van der Waals surface area (Å²) in [4.78, 5) is 2.61. The molecule has 25 heavy (non-hydrogen) atoms. The zero-order chi connectivity index (χ0) is 19.1. The highest BCUT2D eigenvalue weighted by atomic mass is 32.1. The second kappa shape index (κ2) is 9.81. The smallest absolute Gasteiger partial charge is 0.126 e. The van der Waals surface area contributed by atoms with Crippen LogP contribution in [0.1, 0.15) is 60.4 Å². The van der Waals surface area contributed by atoms with E-state index in [1.807, 2.05) is 11.3 Å². The summed E-state index contributed by atoms with van der Waals surface area (Å²) in [5, 5.41) is 0. The van der Waals surface area contributed by atoms with E-state index in [0.29, 0.717) is 0 Å². The number of thiophene rings is 1. The molecule has 0 atom stereocenters. The number of hydrogen-bond acceptors (Lipinski definition) is 1. The molecule has 1 heterocycles. The Morgan fingerprint density at radius 2 is 1.04 bits per heavy atom. The summed E-state index contributed by atoms with van der Waals surface area (Å²) in [6.45, 7) is 18.5. The zero-order valence-electron chi connectivity index (χ0n) is 17.7. The second-order valence-corrected chi connectivity index (χ2v) is 19.4. The van der Waals surface area contributed by atoms with Crippen molar-refractivity contribution in [2.45, 2.75) is 91.7 Å². The summed E-state index contributed by atoms with van der Waals surface area (Å²) in [5.41, 5.74) is 10.2. The van der Waals surface area contributed by atoms with Gasteiger partial charge in [0.25, 0.3) is 0 Å². The van der Waals surface area contributed by atoms with Gasteiger partial charge in [0.05, 0.1) is 9.75 Å². The predicted octanol–water partition coefficient (Wildman–Crippen LogP) is 6.89. The third kappa shape index (κ3) is 8.45. The minimum absolute atomic E-state index is 1.16. The molecule has 0 fully saturated rings. The Morgan fingerprint density at radius 3 is 1.32 bits per heavy atom. The molecule has 0 aromatic carbocycles.